The summed E-state index contributed by atoms with van der Waals surface area (Å²) in [6.45, 7) is 2.92. The summed E-state index contributed by atoms with van der Waals surface area (Å²) in [5.41, 5.74) is 2.45. The fraction of sp³-hybridized carbons (Fsp3) is 0.333. The van der Waals surface area contributed by atoms with E-state index in [1.54, 1.807) is 12.1 Å². The van der Waals surface area contributed by atoms with Crippen molar-refractivity contribution in [3.63, 3.8) is 0 Å². The normalized spacial score (nSPS) is 26.7. The lowest BCUT2D eigenvalue weighted by Gasteiger charge is -2.24. The van der Waals surface area contributed by atoms with Gasteiger partial charge in [0.15, 0.2) is 0 Å². The molecule has 26 heavy (non-hydrogen) atoms. The summed E-state index contributed by atoms with van der Waals surface area (Å²) in [4.78, 5) is 0. The van der Waals surface area contributed by atoms with E-state index >= 15 is 0 Å². The summed E-state index contributed by atoms with van der Waals surface area (Å²) in [7, 11) is 0. The van der Waals surface area contributed by atoms with E-state index in [4.69, 9.17) is 0 Å². The van der Waals surface area contributed by atoms with Crippen molar-refractivity contribution in [3.05, 3.63) is 65.6 Å². The van der Waals surface area contributed by atoms with Crippen LogP contribution in [0.3, 0.4) is 0 Å². The number of hydrogen-bond donors (Lipinski definition) is 1. The SMILES string of the molecule is Cc1cc2c(ccn2-c2ccc(F)cc2)cc1C12CCNCC1C2(F)F. The van der Waals surface area contributed by atoms with Crippen LogP contribution in [-0.4, -0.2) is 23.6 Å². The van der Waals surface area contributed by atoms with Crippen molar-refractivity contribution in [2.24, 2.45) is 5.92 Å². The van der Waals surface area contributed by atoms with E-state index in [0.717, 1.165) is 27.7 Å². The first-order chi connectivity index (χ1) is 12.4. The number of nitrogens with one attached hydrogen (secondary N) is 1. The van der Waals surface area contributed by atoms with Gasteiger partial charge in [-0.25, -0.2) is 13.2 Å². The molecule has 1 saturated carbocycles. The van der Waals surface area contributed by atoms with E-state index < -0.39 is 17.3 Å². The second-order valence-electron chi connectivity index (χ2n) is 7.49. The summed E-state index contributed by atoms with van der Waals surface area (Å²) in [5, 5.41) is 4.03. The van der Waals surface area contributed by atoms with E-state index in [0.29, 0.717) is 19.5 Å². The van der Waals surface area contributed by atoms with Crippen molar-refractivity contribution in [1.29, 1.82) is 0 Å². The number of nitrogens with zero attached hydrogens (tertiary/aromatic N) is 1. The van der Waals surface area contributed by atoms with Crippen molar-refractivity contribution < 1.29 is 13.2 Å². The highest BCUT2D eigenvalue weighted by Gasteiger charge is 2.81. The molecule has 3 aromatic rings. The molecule has 2 aliphatic rings. The maximum absolute atomic E-state index is 14.6. The molecular formula is C21H19F3N2. The lowest BCUT2D eigenvalue weighted by molar-refractivity contribution is 0.0780. The van der Waals surface area contributed by atoms with E-state index in [-0.39, 0.29) is 5.82 Å². The van der Waals surface area contributed by atoms with Crippen LogP contribution in [0.15, 0.2) is 48.7 Å². The molecule has 0 radical (unpaired) electrons. The molecule has 1 N–H and O–H groups in total. The summed E-state index contributed by atoms with van der Waals surface area (Å²) < 4.78 is 44.5. The Labute approximate surface area is 149 Å². The van der Waals surface area contributed by atoms with Crippen LogP contribution in [0, 0.1) is 18.7 Å². The highest BCUT2D eigenvalue weighted by atomic mass is 19.3. The molecule has 5 rings (SSSR count). The third-order valence-corrected chi connectivity index (χ3v) is 6.21. The average molecular weight is 356 g/mol. The molecule has 2 atom stereocenters. The Morgan fingerprint density at radius 1 is 1.12 bits per heavy atom. The number of halogens is 3. The fourth-order valence-corrected chi connectivity index (χ4v) is 4.80. The molecule has 0 bridgehead atoms. The van der Waals surface area contributed by atoms with Gasteiger partial charge in [-0.2, -0.15) is 0 Å². The van der Waals surface area contributed by atoms with Crippen LogP contribution < -0.4 is 5.32 Å². The number of piperidine rings is 1. The second kappa shape index (κ2) is 5.13. The topological polar surface area (TPSA) is 17.0 Å². The van der Waals surface area contributed by atoms with Gasteiger partial charge < -0.3 is 9.88 Å². The molecule has 1 saturated heterocycles. The zero-order chi connectivity index (χ0) is 18.1. The molecule has 1 aliphatic heterocycles. The second-order valence-corrected chi connectivity index (χ2v) is 7.49. The zero-order valence-electron chi connectivity index (χ0n) is 14.4. The van der Waals surface area contributed by atoms with Crippen molar-refractivity contribution >= 4 is 10.9 Å². The Kier molecular flexibility index (Phi) is 3.15. The molecule has 2 fully saturated rings. The molecular weight excluding hydrogens is 337 g/mol. The van der Waals surface area contributed by atoms with Crippen molar-refractivity contribution in [2.45, 2.75) is 24.7 Å². The van der Waals surface area contributed by atoms with Gasteiger partial charge in [0.1, 0.15) is 5.82 Å². The Balaban J connectivity index is 1.65. The Bertz CT molecular complexity index is 1010. The smallest absolute Gasteiger partial charge is 0.263 e. The fourth-order valence-electron chi connectivity index (χ4n) is 4.80. The highest BCUT2D eigenvalue weighted by Crippen LogP contribution is 2.69. The van der Waals surface area contributed by atoms with Crippen LogP contribution in [0.1, 0.15) is 17.5 Å². The Morgan fingerprint density at radius 2 is 1.88 bits per heavy atom. The summed E-state index contributed by atoms with van der Waals surface area (Å²) in [5.74, 6) is -3.54. The number of fused-ring (bicyclic) bond motifs is 2. The third kappa shape index (κ3) is 1.92. The van der Waals surface area contributed by atoms with Gasteiger partial charge in [0.05, 0.1) is 16.8 Å². The van der Waals surface area contributed by atoms with E-state index in [9.17, 15) is 13.2 Å². The van der Waals surface area contributed by atoms with E-state index in [2.05, 4.69) is 5.32 Å². The number of aromatic nitrogens is 1. The highest BCUT2D eigenvalue weighted by molar-refractivity contribution is 5.84. The summed E-state index contributed by atoms with van der Waals surface area (Å²) in [6.07, 6.45) is 2.37. The molecule has 134 valence electrons. The predicted molar refractivity (Wildman–Crippen MR) is 95.6 cm³/mol. The van der Waals surface area contributed by atoms with E-state index in [1.807, 2.05) is 35.9 Å². The van der Waals surface area contributed by atoms with Crippen LogP contribution in [0.25, 0.3) is 16.6 Å². The molecule has 2 aromatic carbocycles. The van der Waals surface area contributed by atoms with Gasteiger partial charge in [0.25, 0.3) is 5.92 Å². The van der Waals surface area contributed by atoms with Gasteiger partial charge in [0, 0.05) is 23.8 Å². The van der Waals surface area contributed by atoms with Gasteiger partial charge in [-0.05, 0) is 73.5 Å². The molecule has 1 aromatic heterocycles. The minimum absolute atomic E-state index is 0.282. The first-order valence-corrected chi connectivity index (χ1v) is 8.92. The lowest BCUT2D eigenvalue weighted by atomic mass is 9.84. The number of aryl methyl sites for hydroxylation is 1. The predicted octanol–water partition coefficient (Wildman–Crippen LogP) is 4.57. The number of benzene rings is 2. The monoisotopic (exact) mass is 356 g/mol. The van der Waals surface area contributed by atoms with Crippen molar-refractivity contribution in [1.82, 2.24) is 9.88 Å². The van der Waals surface area contributed by atoms with Gasteiger partial charge >= 0.3 is 0 Å². The molecule has 0 spiro atoms. The zero-order valence-corrected chi connectivity index (χ0v) is 14.4. The molecule has 2 heterocycles. The average Bonchev–Trinajstić information content (AvgIpc) is 2.92. The van der Waals surface area contributed by atoms with Crippen LogP contribution >= 0.6 is 0 Å². The van der Waals surface area contributed by atoms with Crippen LogP contribution in [0.2, 0.25) is 0 Å². The molecule has 5 heteroatoms. The van der Waals surface area contributed by atoms with Gasteiger partial charge in [0.2, 0.25) is 0 Å². The Hall–Kier alpha value is -2.27. The van der Waals surface area contributed by atoms with E-state index in [1.165, 1.54) is 12.1 Å². The summed E-state index contributed by atoms with van der Waals surface area (Å²) >= 11 is 0. The van der Waals surface area contributed by atoms with Crippen LogP contribution in [0.4, 0.5) is 13.2 Å². The summed E-state index contributed by atoms with van der Waals surface area (Å²) in [6, 6.07) is 12.1. The van der Waals surface area contributed by atoms with Gasteiger partial charge in [-0.3, -0.25) is 0 Å². The van der Waals surface area contributed by atoms with Crippen LogP contribution in [0.5, 0.6) is 0 Å². The largest absolute Gasteiger partial charge is 0.317 e. The first-order valence-electron chi connectivity index (χ1n) is 8.92. The minimum atomic E-state index is -2.64. The van der Waals surface area contributed by atoms with Crippen molar-refractivity contribution in [3.8, 4) is 5.69 Å². The maximum atomic E-state index is 14.6. The lowest BCUT2D eigenvalue weighted by Crippen LogP contribution is -2.32. The van der Waals surface area contributed by atoms with Gasteiger partial charge in [-0.15, -0.1) is 0 Å². The molecule has 2 unspecified atom stereocenters. The standard InChI is InChI=1S/C21H19F3N2/c1-13-10-18-14(6-9-26(18)16-4-2-15(22)3-5-16)11-17(13)20-7-8-25-12-19(20)21(20,23)24/h2-6,9-11,19,25H,7-8,12H2,1H3. The molecule has 2 nitrogen and oxygen atoms in total. The van der Waals surface area contributed by atoms with Gasteiger partial charge in [-0.1, -0.05) is 0 Å². The number of hydrogen-bond acceptors (Lipinski definition) is 1. The number of alkyl halides is 2. The number of rotatable bonds is 2. The Morgan fingerprint density at radius 3 is 2.62 bits per heavy atom. The third-order valence-electron chi connectivity index (χ3n) is 6.21. The van der Waals surface area contributed by atoms with Crippen LogP contribution in [-0.2, 0) is 5.41 Å². The molecule has 1 aliphatic carbocycles. The quantitative estimate of drug-likeness (QED) is 0.711. The van der Waals surface area contributed by atoms with Crippen molar-refractivity contribution in [2.75, 3.05) is 13.1 Å². The molecule has 0 amide bonds. The first kappa shape index (κ1) is 15.9. The maximum Gasteiger partial charge on any atom is 0.263 e. The minimum Gasteiger partial charge on any atom is -0.317 e.